The standard InChI is InChI=1S/C40H53ClN6O9S/c1-2-25-21-40(25,37(51)45-57(53,54)28-15-16-28)44-34(48)31-20-27-22-47(31)36(50)33(24-10-5-6-11-24)43-39(52)56-32-13-8-12-23(32)9-4-3-7-18-46-35(49)29-17-14-26(41)19-30(29)42-38(46)55-27/h14,17,19,23-25,27-28,31-33H,2-13,15-16,18,20-22H2,1H3,(H,43,52)(H,44,48)(H,45,51)/t23-,25-,27-,31+,32-,33+,40-/m1/s1. The maximum absolute atomic E-state index is 14.9. The summed E-state index contributed by atoms with van der Waals surface area (Å²) in [5.74, 6) is -2.18. The molecule has 0 radical (unpaired) electrons. The molecular weight excluding hydrogens is 776 g/mol. The lowest BCUT2D eigenvalue weighted by molar-refractivity contribution is -0.142. The molecule has 1 saturated heterocycles. The molecule has 8 rings (SSSR count). The van der Waals surface area contributed by atoms with Gasteiger partial charge in [-0.2, -0.15) is 4.98 Å². The third-order valence-corrected chi connectivity index (χ3v) is 15.3. The van der Waals surface area contributed by atoms with Gasteiger partial charge in [-0.1, -0.05) is 50.6 Å². The number of ether oxygens (including phenoxy) is 2. The quantitative estimate of drug-likeness (QED) is 0.362. The highest BCUT2D eigenvalue weighted by Gasteiger charge is 2.62. The Kier molecular flexibility index (Phi) is 11.2. The highest BCUT2D eigenvalue weighted by atomic mass is 35.5. The van der Waals surface area contributed by atoms with Gasteiger partial charge in [-0.25, -0.2) is 13.2 Å². The first-order chi connectivity index (χ1) is 27.4. The molecule has 5 fully saturated rings. The monoisotopic (exact) mass is 828 g/mol. The van der Waals surface area contributed by atoms with Gasteiger partial charge in [-0.3, -0.25) is 28.5 Å². The van der Waals surface area contributed by atoms with E-state index in [2.05, 4.69) is 15.4 Å². The molecule has 57 heavy (non-hydrogen) atoms. The Hall–Kier alpha value is -3.92. The van der Waals surface area contributed by atoms with Crippen molar-refractivity contribution >= 4 is 56.3 Å². The zero-order chi connectivity index (χ0) is 40.1. The van der Waals surface area contributed by atoms with E-state index in [4.69, 9.17) is 26.1 Å². The SMILES string of the molecule is CC[C@@H]1C[C@]1(NC(=O)[C@@H]1C[C@@H]2CN1C(=O)[C@H](C1CCCC1)NC(=O)O[C@@H]1CCC[C@H]1CCCCCn1c(nc3cc(Cl)ccc3c1=O)O2)C(=O)NS(=O)(=O)C1CC1. The molecule has 4 amide bonds. The molecule has 2 aliphatic heterocycles. The van der Waals surface area contributed by atoms with Crippen molar-refractivity contribution in [2.45, 2.75) is 151 Å². The lowest BCUT2D eigenvalue weighted by atomic mass is 9.96. The van der Waals surface area contributed by atoms with Crippen molar-refractivity contribution in [3.05, 3.63) is 33.6 Å². The summed E-state index contributed by atoms with van der Waals surface area (Å²) in [5, 5.41) is 5.97. The van der Waals surface area contributed by atoms with Crippen LogP contribution in [0.3, 0.4) is 0 Å². The van der Waals surface area contributed by atoms with E-state index in [1.807, 2.05) is 6.92 Å². The average Bonchev–Trinajstić information content (AvgIpc) is 3.96. The van der Waals surface area contributed by atoms with Crippen LogP contribution in [0.25, 0.3) is 10.9 Å². The van der Waals surface area contributed by atoms with E-state index in [9.17, 15) is 32.4 Å². The van der Waals surface area contributed by atoms with Crippen LogP contribution in [-0.2, 0) is 35.7 Å². The predicted octanol–water partition coefficient (Wildman–Crippen LogP) is 4.32. The molecule has 310 valence electrons. The van der Waals surface area contributed by atoms with E-state index in [1.165, 1.54) is 9.47 Å². The summed E-state index contributed by atoms with van der Waals surface area (Å²) in [6, 6.07) is 2.80. The molecule has 4 aliphatic carbocycles. The first-order valence-electron chi connectivity index (χ1n) is 20.9. The van der Waals surface area contributed by atoms with E-state index < -0.39 is 62.8 Å². The molecule has 2 bridgehead atoms. The number of rotatable bonds is 7. The van der Waals surface area contributed by atoms with Crippen LogP contribution in [0.2, 0.25) is 5.02 Å². The maximum Gasteiger partial charge on any atom is 0.408 e. The molecule has 6 aliphatic rings. The van der Waals surface area contributed by atoms with Gasteiger partial charge in [0, 0.05) is 18.0 Å². The molecule has 0 spiro atoms. The summed E-state index contributed by atoms with van der Waals surface area (Å²) in [6.45, 7) is 2.12. The normalized spacial score (nSPS) is 31.3. The van der Waals surface area contributed by atoms with Crippen LogP contribution in [0.1, 0.15) is 110 Å². The number of carbonyl (C=O) groups excluding carboxylic acids is 4. The van der Waals surface area contributed by atoms with Crippen molar-refractivity contribution in [2.75, 3.05) is 6.54 Å². The van der Waals surface area contributed by atoms with Crippen LogP contribution >= 0.6 is 11.6 Å². The Labute approximate surface area is 337 Å². The van der Waals surface area contributed by atoms with E-state index >= 15 is 0 Å². The number of sulfonamides is 1. The first-order valence-corrected chi connectivity index (χ1v) is 22.8. The van der Waals surface area contributed by atoms with Crippen molar-refractivity contribution in [3.63, 3.8) is 0 Å². The Morgan fingerprint density at radius 1 is 0.965 bits per heavy atom. The van der Waals surface area contributed by atoms with Gasteiger partial charge in [-0.15, -0.1) is 0 Å². The first kappa shape index (κ1) is 39.9. The van der Waals surface area contributed by atoms with Crippen LogP contribution < -0.4 is 25.7 Å². The highest BCUT2D eigenvalue weighted by molar-refractivity contribution is 7.91. The number of amides is 4. The number of aromatic nitrogens is 2. The van der Waals surface area contributed by atoms with Gasteiger partial charge in [0.1, 0.15) is 29.8 Å². The number of fused-ring (bicyclic) bond motifs is 5. The molecular formula is C40H53ClN6O9S. The summed E-state index contributed by atoms with van der Waals surface area (Å²) in [6.07, 6.45) is 9.03. The fourth-order valence-electron chi connectivity index (χ4n) is 9.77. The number of benzene rings is 1. The van der Waals surface area contributed by atoms with Gasteiger partial charge >= 0.3 is 6.09 Å². The largest absolute Gasteiger partial charge is 0.459 e. The fraction of sp³-hybridized carbons (Fsp3) is 0.700. The smallest absolute Gasteiger partial charge is 0.408 e. The number of hydrogen-bond acceptors (Lipinski definition) is 10. The van der Waals surface area contributed by atoms with Gasteiger partial charge in [0.2, 0.25) is 21.8 Å². The molecule has 1 aromatic carbocycles. The summed E-state index contributed by atoms with van der Waals surface area (Å²) >= 11 is 6.31. The van der Waals surface area contributed by atoms with Crippen LogP contribution in [0, 0.1) is 17.8 Å². The number of hydrogen-bond donors (Lipinski definition) is 3. The van der Waals surface area contributed by atoms with Crippen molar-refractivity contribution in [1.29, 1.82) is 0 Å². The molecule has 7 atom stereocenters. The van der Waals surface area contributed by atoms with Crippen LogP contribution in [0.5, 0.6) is 6.01 Å². The van der Waals surface area contributed by atoms with Gasteiger partial charge < -0.3 is 25.0 Å². The number of nitrogens with zero attached hydrogens (tertiary/aromatic N) is 3. The Morgan fingerprint density at radius 3 is 2.44 bits per heavy atom. The Morgan fingerprint density at radius 2 is 1.70 bits per heavy atom. The number of nitrogens with one attached hydrogen (secondary N) is 3. The molecule has 2 aromatic rings. The molecule has 3 N–H and O–H groups in total. The Bertz CT molecular complexity index is 2090. The van der Waals surface area contributed by atoms with Crippen LogP contribution in [0.4, 0.5) is 4.79 Å². The lowest BCUT2D eigenvalue weighted by Crippen LogP contribution is -2.59. The maximum atomic E-state index is 14.9. The van der Waals surface area contributed by atoms with Crippen molar-refractivity contribution in [2.24, 2.45) is 17.8 Å². The van der Waals surface area contributed by atoms with Gasteiger partial charge in [0.25, 0.3) is 17.5 Å². The van der Waals surface area contributed by atoms with Crippen LogP contribution in [0.15, 0.2) is 23.0 Å². The molecule has 15 nitrogen and oxygen atoms in total. The second-order valence-electron chi connectivity index (χ2n) is 17.1. The third kappa shape index (κ3) is 8.22. The minimum Gasteiger partial charge on any atom is -0.459 e. The molecule has 4 saturated carbocycles. The fourth-order valence-corrected chi connectivity index (χ4v) is 11.3. The molecule has 0 unspecified atom stereocenters. The third-order valence-electron chi connectivity index (χ3n) is 13.3. The van der Waals surface area contributed by atoms with E-state index in [1.54, 1.807) is 18.2 Å². The average molecular weight is 829 g/mol. The molecule has 17 heteroatoms. The van der Waals surface area contributed by atoms with Gasteiger partial charge in [0.05, 0.1) is 22.7 Å². The number of carbonyl (C=O) groups is 4. The number of alkyl carbamates (subject to hydrolysis) is 1. The lowest BCUT2D eigenvalue weighted by Gasteiger charge is -2.32. The predicted molar refractivity (Wildman–Crippen MR) is 210 cm³/mol. The van der Waals surface area contributed by atoms with Crippen molar-refractivity contribution in [3.8, 4) is 6.01 Å². The topological polar surface area (TPSA) is 195 Å². The van der Waals surface area contributed by atoms with Crippen LogP contribution in [-0.4, -0.2) is 88.3 Å². The minimum absolute atomic E-state index is 0.0124. The second kappa shape index (κ2) is 16.0. The highest BCUT2D eigenvalue weighted by Crippen LogP contribution is 2.47. The van der Waals surface area contributed by atoms with Gasteiger partial charge in [0.15, 0.2) is 0 Å². The van der Waals surface area contributed by atoms with E-state index in [-0.39, 0.29) is 54.8 Å². The summed E-state index contributed by atoms with van der Waals surface area (Å²) in [4.78, 5) is 76.8. The van der Waals surface area contributed by atoms with Gasteiger partial charge in [-0.05, 0) is 100 Å². The minimum atomic E-state index is -3.89. The summed E-state index contributed by atoms with van der Waals surface area (Å²) < 4.78 is 41.9. The van der Waals surface area contributed by atoms with Crippen molar-refractivity contribution < 1.29 is 37.1 Å². The number of halogens is 1. The summed E-state index contributed by atoms with van der Waals surface area (Å²) in [5.41, 5.74) is -1.40. The zero-order valence-corrected chi connectivity index (χ0v) is 34.0. The molecule has 3 heterocycles. The zero-order valence-electron chi connectivity index (χ0n) is 32.4. The van der Waals surface area contributed by atoms with E-state index in [0.29, 0.717) is 61.0 Å². The van der Waals surface area contributed by atoms with E-state index in [0.717, 1.165) is 51.4 Å². The molecule has 1 aromatic heterocycles. The summed E-state index contributed by atoms with van der Waals surface area (Å²) in [7, 11) is -3.89. The second-order valence-corrected chi connectivity index (χ2v) is 19.5. The van der Waals surface area contributed by atoms with Crippen molar-refractivity contribution in [1.82, 2.24) is 29.8 Å². The Balaban J connectivity index is 1.14.